The van der Waals surface area contributed by atoms with E-state index in [1.807, 2.05) is 6.20 Å². The van der Waals surface area contributed by atoms with Crippen LogP contribution in [0.2, 0.25) is 0 Å². The second-order valence-electron chi connectivity index (χ2n) is 7.17. The van der Waals surface area contributed by atoms with Crippen molar-refractivity contribution in [2.75, 3.05) is 13.1 Å². The Bertz CT molecular complexity index is 672. The summed E-state index contributed by atoms with van der Waals surface area (Å²) in [5.74, 6) is 1.78. The molecule has 0 amide bonds. The summed E-state index contributed by atoms with van der Waals surface area (Å²) in [5.41, 5.74) is 4.96. The third kappa shape index (κ3) is 3.30. The zero-order valence-corrected chi connectivity index (χ0v) is 14.0. The molecule has 3 heteroatoms. The molecular formula is C20H25N3. The SMILES string of the molecule is Cc1ccc(-c2ncc3c(n2)CN(CC2CCCC2)CC3)cc1. The molecule has 0 atom stereocenters. The van der Waals surface area contributed by atoms with E-state index in [0.717, 1.165) is 36.8 Å². The molecule has 1 aliphatic carbocycles. The van der Waals surface area contributed by atoms with Crippen LogP contribution in [-0.2, 0) is 13.0 Å². The van der Waals surface area contributed by atoms with Crippen LogP contribution in [0, 0.1) is 12.8 Å². The first-order chi connectivity index (χ1) is 11.3. The van der Waals surface area contributed by atoms with Gasteiger partial charge in [-0.05, 0) is 37.7 Å². The summed E-state index contributed by atoms with van der Waals surface area (Å²) in [6.45, 7) is 5.52. The number of rotatable bonds is 3. The third-order valence-corrected chi connectivity index (χ3v) is 5.33. The molecule has 0 saturated heterocycles. The first-order valence-electron chi connectivity index (χ1n) is 8.92. The highest BCUT2D eigenvalue weighted by Gasteiger charge is 2.23. The van der Waals surface area contributed by atoms with Gasteiger partial charge in [-0.1, -0.05) is 42.7 Å². The van der Waals surface area contributed by atoms with Gasteiger partial charge in [-0.25, -0.2) is 9.97 Å². The molecule has 1 aromatic carbocycles. The summed E-state index contributed by atoms with van der Waals surface area (Å²) in [6.07, 6.45) is 8.83. The second-order valence-corrected chi connectivity index (χ2v) is 7.17. The van der Waals surface area contributed by atoms with E-state index in [9.17, 15) is 0 Å². The molecule has 2 aliphatic rings. The van der Waals surface area contributed by atoms with Crippen LogP contribution in [0.4, 0.5) is 0 Å². The van der Waals surface area contributed by atoms with Crippen molar-refractivity contribution in [3.8, 4) is 11.4 Å². The molecule has 0 radical (unpaired) electrons. The molecule has 23 heavy (non-hydrogen) atoms. The van der Waals surface area contributed by atoms with Crippen molar-refractivity contribution in [1.29, 1.82) is 0 Å². The topological polar surface area (TPSA) is 29.0 Å². The van der Waals surface area contributed by atoms with Crippen LogP contribution in [0.25, 0.3) is 11.4 Å². The molecule has 2 heterocycles. The Labute approximate surface area is 138 Å². The lowest BCUT2D eigenvalue weighted by Gasteiger charge is -2.30. The van der Waals surface area contributed by atoms with Gasteiger partial charge in [0.15, 0.2) is 5.82 Å². The van der Waals surface area contributed by atoms with Gasteiger partial charge in [0.2, 0.25) is 0 Å². The van der Waals surface area contributed by atoms with Crippen molar-refractivity contribution in [1.82, 2.24) is 14.9 Å². The van der Waals surface area contributed by atoms with E-state index in [4.69, 9.17) is 4.98 Å². The van der Waals surface area contributed by atoms with E-state index in [2.05, 4.69) is 41.1 Å². The van der Waals surface area contributed by atoms with Gasteiger partial charge in [0.25, 0.3) is 0 Å². The number of benzene rings is 1. The summed E-state index contributed by atoms with van der Waals surface area (Å²) in [4.78, 5) is 12.1. The largest absolute Gasteiger partial charge is 0.297 e. The molecule has 3 nitrogen and oxygen atoms in total. The summed E-state index contributed by atoms with van der Waals surface area (Å²) in [5, 5.41) is 0. The van der Waals surface area contributed by atoms with Crippen molar-refractivity contribution < 1.29 is 0 Å². The number of hydrogen-bond acceptors (Lipinski definition) is 3. The zero-order valence-electron chi connectivity index (χ0n) is 14.0. The number of fused-ring (bicyclic) bond motifs is 1. The predicted octanol–water partition coefficient (Wildman–Crippen LogP) is 4.00. The molecule has 1 fully saturated rings. The predicted molar refractivity (Wildman–Crippen MR) is 93.1 cm³/mol. The van der Waals surface area contributed by atoms with Crippen LogP contribution in [0.5, 0.6) is 0 Å². The summed E-state index contributed by atoms with van der Waals surface area (Å²) in [7, 11) is 0. The van der Waals surface area contributed by atoms with Gasteiger partial charge >= 0.3 is 0 Å². The molecule has 4 rings (SSSR count). The Balaban J connectivity index is 1.52. The van der Waals surface area contributed by atoms with Gasteiger partial charge in [-0.15, -0.1) is 0 Å². The first kappa shape index (κ1) is 14.8. The van der Waals surface area contributed by atoms with Crippen LogP contribution >= 0.6 is 0 Å². The van der Waals surface area contributed by atoms with Crippen LogP contribution < -0.4 is 0 Å². The summed E-state index contributed by atoms with van der Waals surface area (Å²) < 4.78 is 0. The van der Waals surface area contributed by atoms with E-state index < -0.39 is 0 Å². The lowest BCUT2D eigenvalue weighted by Crippen LogP contribution is -2.34. The fraction of sp³-hybridized carbons (Fsp3) is 0.500. The second kappa shape index (κ2) is 6.40. The smallest absolute Gasteiger partial charge is 0.159 e. The number of aryl methyl sites for hydroxylation is 1. The Morgan fingerprint density at radius 3 is 2.70 bits per heavy atom. The van der Waals surface area contributed by atoms with Gasteiger partial charge in [-0.2, -0.15) is 0 Å². The quantitative estimate of drug-likeness (QED) is 0.858. The number of hydrogen-bond donors (Lipinski definition) is 0. The van der Waals surface area contributed by atoms with Crippen molar-refractivity contribution >= 4 is 0 Å². The van der Waals surface area contributed by atoms with Crippen molar-refractivity contribution in [3.05, 3.63) is 47.3 Å². The van der Waals surface area contributed by atoms with Crippen LogP contribution in [-0.4, -0.2) is 28.0 Å². The minimum absolute atomic E-state index is 0.867. The Morgan fingerprint density at radius 2 is 1.91 bits per heavy atom. The fourth-order valence-corrected chi connectivity index (χ4v) is 3.91. The minimum atomic E-state index is 0.867. The molecule has 1 aliphatic heterocycles. The molecule has 120 valence electrons. The van der Waals surface area contributed by atoms with Gasteiger partial charge in [0, 0.05) is 31.4 Å². The lowest BCUT2D eigenvalue weighted by atomic mass is 10.0. The molecular weight excluding hydrogens is 282 g/mol. The van der Waals surface area contributed by atoms with E-state index >= 15 is 0 Å². The van der Waals surface area contributed by atoms with E-state index in [1.54, 1.807) is 0 Å². The zero-order chi connectivity index (χ0) is 15.6. The van der Waals surface area contributed by atoms with E-state index in [0.29, 0.717) is 0 Å². The number of aromatic nitrogens is 2. The highest BCUT2D eigenvalue weighted by Crippen LogP contribution is 2.28. The highest BCUT2D eigenvalue weighted by molar-refractivity contribution is 5.55. The number of nitrogens with zero attached hydrogens (tertiary/aromatic N) is 3. The maximum absolute atomic E-state index is 4.89. The maximum Gasteiger partial charge on any atom is 0.159 e. The minimum Gasteiger partial charge on any atom is -0.297 e. The van der Waals surface area contributed by atoms with Gasteiger partial charge in [0.1, 0.15) is 0 Å². The molecule has 0 bridgehead atoms. The molecule has 1 saturated carbocycles. The summed E-state index contributed by atoms with van der Waals surface area (Å²) >= 11 is 0. The molecule has 0 spiro atoms. The molecule has 0 N–H and O–H groups in total. The van der Waals surface area contributed by atoms with Gasteiger partial charge in [-0.3, -0.25) is 4.90 Å². The average Bonchev–Trinajstić information content (AvgIpc) is 3.08. The Hall–Kier alpha value is -1.74. The monoisotopic (exact) mass is 307 g/mol. The van der Waals surface area contributed by atoms with E-state index in [-0.39, 0.29) is 0 Å². The van der Waals surface area contributed by atoms with Gasteiger partial charge in [0.05, 0.1) is 5.69 Å². The molecule has 2 aromatic rings. The van der Waals surface area contributed by atoms with Crippen LogP contribution in [0.3, 0.4) is 0 Å². The Kier molecular flexibility index (Phi) is 4.13. The lowest BCUT2D eigenvalue weighted by molar-refractivity contribution is 0.211. The first-order valence-corrected chi connectivity index (χ1v) is 8.92. The van der Waals surface area contributed by atoms with Crippen molar-refractivity contribution in [3.63, 3.8) is 0 Å². The standard InChI is InChI=1S/C20H25N3/c1-15-6-8-17(9-7-15)20-21-12-18-10-11-23(14-19(18)22-20)13-16-4-2-3-5-16/h6-9,12,16H,2-5,10-11,13-14H2,1H3. The molecule has 1 aromatic heterocycles. The fourth-order valence-electron chi connectivity index (χ4n) is 3.91. The summed E-state index contributed by atoms with van der Waals surface area (Å²) in [6, 6.07) is 8.50. The molecule has 0 unspecified atom stereocenters. The average molecular weight is 307 g/mol. The van der Waals surface area contributed by atoms with Gasteiger partial charge < -0.3 is 0 Å². The van der Waals surface area contributed by atoms with Crippen LogP contribution in [0.1, 0.15) is 42.5 Å². The van der Waals surface area contributed by atoms with Crippen LogP contribution in [0.15, 0.2) is 30.5 Å². The normalized spacial score (nSPS) is 19.0. The highest BCUT2D eigenvalue weighted by atomic mass is 15.1. The maximum atomic E-state index is 4.89. The van der Waals surface area contributed by atoms with E-state index in [1.165, 1.54) is 49.0 Å². The van der Waals surface area contributed by atoms with Crippen molar-refractivity contribution in [2.24, 2.45) is 5.92 Å². The Morgan fingerprint density at radius 1 is 1.13 bits per heavy atom. The third-order valence-electron chi connectivity index (χ3n) is 5.33. The van der Waals surface area contributed by atoms with Crippen molar-refractivity contribution in [2.45, 2.75) is 45.6 Å².